The Morgan fingerprint density at radius 3 is 2.26 bits per heavy atom. The van der Waals surface area contributed by atoms with E-state index in [2.05, 4.69) is 26.6 Å². The summed E-state index contributed by atoms with van der Waals surface area (Å²) in [6.07, 6.45) is 1.60. The summed E-state index contributed by atoms with van der Waals surface area (Å²) in [7, 11) is 3.17. The molecule has 4 atom stereocenters. The number of likely N-dealkylation sites (N-methyl/N-ethyl adjacent to an activating group) is 1. The summed E-state index contributed by atoms with van der Waals surface area (Å²) < 4.78 is 12.1. The molecule has 0 spiro atoms. The number of carbonyl (C=O) groups is 5. The minimum atomic E-state index is -1.31. The Labute approximate surface area is 316 Å². The summed E-state index contributed by atoms with van der Waals surface area (Å²) in [6.45, 7) is 2.73. The van der Waals surface area contributed by atoms with Gasteiger partial charge in [0.1, 0.15) is 55.4 Å². The lowest BCUT2D eigenvalue weighted by molar-refractivity contribution is -0.143. The van der Waals surface area contributed by atoms with Crippen LogP contribution in [0.3, 0.4) is 0 Å². The second-order valence-corrected chi connectivity index (χ2v) is 12.8. The molecule has 1 heterocycles. The van der Waals surface area contributed by atoms with Crippen molar-refractivity contribution in [3.63, 3.8) is 0 Å². The molecule has 17 nitrogen and oxygen atoms in total. The van der Waals surface area contributed by atoms with Crippen LogP contribution in [0.5, 0.6) is 11.5 Å². The van der Waals surface area contributed by atoms with Gasteiger partial charge in [0, 0.05) is 50.7 Å². The fourth-order valence-electron chi connectivity index (χ4n) is 5.96. The van der Waals surface area contributed by atoms with Crippen molar-refractivity contribution < 1.29 is 33.4 Å². The van der Waals surface area contributed by atoms with Crippen LogP contribution in [0.25, 0.3) is 11.1 Å². The molecule has 2 aromatic rings. The molecule has 3 rings (SSSR count). The van der Waals surface area contributed by atoms with E-state index in [-0.39, 0.29) is 58.0 Å². The molecular weight excluding hydrogens is 696 g/mol. The fraction of sp³-hybridized carbons (Fsp3) is 0.514. The molecule has 294 valence electrons. The van der Waals surface area contributed by atoms with Crippen LogP contribution in [-0.2, 0) is 30.4 Å². The van der Waals surface area contributed by atoms with Crippen LogP contribution in [0.2, 0.25) is 0 Å². The van der Waals surface area contributed by atoms with Gasteiger partial charge in [0.05, 0.1) is 6.07 Å². The molecule has 0 radical (unpaired) electrons. The number of fused-ring (bicyclic) bond motifs is 5. The monoisotopic (exact) mass is 750 g/mol. The first-order valence-electron chi connectivity index (χ1n) is 18.1. The molecule has 5 amide bonds. The van der Waals surface area contributed by atoms with Crippen LogP contribution in [0, 0.1) is 11.3 Å². The van der Waals surface area contributed by atoms with Gasteiger partial charge in [0.25, 0.3) is 0 Å². The first-order valence-corrected chi connectivity index (χ1v) is 18.1. The van der Waals surface area contributed by atoms with Crippen molar-refractivity contribution in [2.24, 2.45) is 17.2 Å². The third-order valence-corrected chi connectivity index (χ3v) is 8.74. The van der Waals surface area contributed by atoms with E-state index in [1.165, 1.54) is 18.9 Å². The maximum atomic E-state index is 14.3. The number of nitrogens with two attached hydrogens (primary N) is 3. The number of carbonyl (C=O) groups excluding carboxylic acids is 5. The second kappa shape index (κ2) is 22.1. The van der Waals surface area contributed by atoms with E-state index >= 15 is 0 Å². The molecule has 54 heavy (non-hydrogen) atoms. The van der Waals surface area contributed by atoms with Crippen molar-refractivity contribution in [2.75, 3.05) is 60.0 Å². The van der Waals surface area contributed by atoms with E-state index in [1.807, 2.05) is 6.07 Å². The van der Waals surface area contributed by atoms with Gasteiger partial charge < -0.3 is 58.2 Å². The summed E-state index contributed by atoms with van der Waals surface area (Å²) in [4.78, 5) is 69.5. The third kappa shape index (κ3) is 12.1. The van der Waals surface area contributed by atoms with Gasteiger partial charge >= 0.3 is 0 Å². The van der Waals surface area contributed by atoms with Crippen LogP contribution in [0.4, 0.5) is 0 Å². The maximum Gasteiger partial charge on any atom is 0.248 e. The van der Waals surface area contributed by atoms with Crippen LogP contribution in [-0.4, -0.2) is 113 Å². The zero-order valence-electron chi connectivity index (χ0n) is 31.2. The number of ether oxygens (including phenoxy) is 2. The van der Waals surface area contributed by atoms with Gasteiger partial charge in [-0.1, -0.05) is 12.1 Å². The van der Waals surface area contributed by atoms with E-state index in [9.17, 15) is 24.0 Å². The molecule has 17 heteroatoms. The highest BCUT2D eigenvalue weighted by atomic mass is 16.5. The van der Waals surface area contributed by atoms with Crippen molar-refractivity contribution in [3.05, 3.63) is 47.5 Å². The van der Waals surface area contributed by atoms with Crippen molar-refractivity contribution in [1.29, 1.82) is 5.26 Å². The first-order chi connectivity index (χ1) is 26.0. The van der Waals surface area contributed by atoms with E-state index in [0.717, 1.165) is 0 Å². The standard InChI is InChI=1S/C37H54N10O7/c1-23-34(49)46-29(35(50)43-17-13-39)21-24-7-9-30(53-18-14-40)26(20-24)27-22-25(8-10-31(27)54-19-15-41)33(36(51)44-23)47(3)37(52)28(6-4-5-12-38)45-32(48)11-16-42-2/h7-10,20,22-23,28-29,33,42H,4-6,11-12,14-19,21,38,40-41H2,1-3H3,(H,43,50)(H,44,51)(H,45,48)(H,46,49)/t23-,28-,29-,33-/m0/s1. The number of rotatable bonds is 18. The van der Waals surface area contributed by atoms with Crippen LogP contribution in [0.15, 0.2) is 36.4 Å². The number of nitriles is 1. The first kappa shape index (κ1) is 43.1. The largest absolute Gasteiger partial charge is 0.492 e. The van der Waals surface area contributed by atoms with Crippen molar-refractivity contribution in [3.8, 4) is 28.7 Å². The fourth-order valence-corrected chi connectivity index (χ4v) is 5.96. The molecule has 11 N–H and O–H groups in total. The zero-order chi connectivity index (χ0) is 39.6. The molecule has 0 saturated heterocycles. The van der Waals surface area contributed by atoms with Gasteiger partial charge in [-0.25, -0.2) is 0 Å². The van der Waals surface area contributed by atoms with Gasteiger partial charge in [-0.05, 0) is 75.2 Å². The molecular formula is C37H54N10O7. The molecule has 0 aromatic heterocycles. The highest BCUT2D eigenvalue weighted by Gasteiger charge is 2.36. The van der Waals surface area contributed by atoms with E-state index < -0.39 is 47.8 Å². The molecule has 0 fully saturated rings. The highest BCUT2D eigenvalue weighted by Crippen LogP contribution is 2.40. The Morgan fingerprint density at radius 1 is 0.963 bits per heavy atom. The van der Waals surface area contributed by atoms with Crippen LogP contribution < -0.4 is 53.3 Å². The maximum absolute atomic E-state index is 14.3. The lowest BCUT2D eigenvalue weighted by Gasteiger charge is -2.32. The molecule has 4 bridgehead atoms. The summed E-state index contributed by atoms with van der Waals surface area (Å²) in [5, 5.41) is 22.7. The SMILES string of the molecule is CNCCC(=O)N[C@@H](CCCCN)C(=O)N(C)[C@@H]1C(=O)N[C@@H](C)C(=O)N[C@H](C(=O)NCC#N)Cc2ccc(OCCN)c(c2)-c2cc1ccc2OCCN. The molecule has 0 unspecified atom stereocenters. The average molecular weight is 751 g/mol. The minimum absolute atomic E-state index is 0.0258. The summed E-state index contributed by atoms with van der Waals surface area (Å²) in [5.41, 5.74) is 19.3. The summed E-state index contributed by atoms with van der Waals surface area (Å²) in [6, 6.07) is 7.55. The Kier molecular flexibility index (Phi) is 17.6. The summed E-state index contributed by atoms with van der Waals surface area (Å²) >= 11 is 0. The van der Waals surface area contributed by atoms with Gasteiger partial charge in [0.2, 0.25) is 29.5 Å². The molecule has 2 aromatic carbocycles. The van der Waals surface area contributed by atoms with Crippen LogP contribution in [0.1, 0.15) is 49.8 Å². The smallest absolute Gasteiger partial charge is 0.248 e. The lowest BCUT2D eigenvalue weighted by Crippen LogP contribution is -2.56. The Morgan fingerprint density at radius 2 is 1.63 bits per heavy atom. The number of nitrogens with one attached hydrogen (secondary N) is 5. The van der Waals surface area contributed by atoms with Crippen molar-refractivity contribution in [2.45, 2.75) is 63.2 Å². The van der Waals surface area contributed by atoms with Gasteiger partial charge in [-0.2, -0.15) is 5.26 Å². The lowest BCUT2D eigenvalue weighted by atomic mass is 9.93. The Bertz CT molecular complexity index is 1650. The number of hydrogen-bond acceptors (Lipinski definition) is 12. The van der Waals surface area contributed by atoms with Crippen molar-refractivity contribution >= 4 is 29.5 Å². The van der Waals surface area contributed by atoms with Crippen LogP contribution >= 0.6 is 0 Å². The highest BCUT2D eigenvalue weighted by molar-refractivity contribution is 5.96. The zero-order valence-corrected chi connectivity index (χ0v) is 31.2. The number of benzene rings is 2. The topological polar surface area (TPSA) is 269 Å². The third-order valence-electron chi connectivity index (χ3n) is 8.74. The molecule has 1 aliphatic rings. The predicted octanol–water partition coefficient (Wildman–Crippen LogP) is -1.06. The van der Waals surface area contributed by atoms with Crippen molar-refractivity contribution in [1.82, 2.24) is 31.5 Å². The number of amides is 5. The second-order valence-electron chi connectivity index (χ2n) is 12.8. The van der Waals surface area contributed by atoms with Gasteiger partial charge in [-0.3, -0.25) is 24.0 Å². The van der Waals surface area contributed by atoms with E-state index in [1.54, 1.807) is 43.4 Å². The number of unbranched alkanes of at least 4 members (excludes halogenated alkanes) is 1. The average Bonchev–Trinajstić information content (AvgIpc) is 3.16. The molecule has 0 saturated carbocycles. The molecule has 0 aliphatic carbocycles. The van der Waals surface area contributed by atoms with E-state index in [4.69, 9.17) is 31.9 Å². The van der Waals surface area contributed by atoms with Gasteiger partial charge in [-0.15, -0.1) is 0 Å². The van der Waals surface area contributed by atoms with Gasteiger partial charge in [0.15, 0.2) is 0 Å². The van der Waals surface area contributed by atoms with E-state index in [0.29, 0.717) is 59.7 Å². The number of nitrogens with zero attached hydrogens (tertiary/aromatic N) is 2. The Hall–Kier alpha value is -5.28. The predicted molar refractivity (Wildman–Crippen MR) is 202 cm³/mol. The normalized spacial score (nSPS) is 17.5. The Balaban J connectivity index is 2.26. The molecule has 1 aliphatic heterocycles. The minimum Gasteiger partial charge on any atom is -0.492 e. The number of hydrogen-bond donors (Lipinski definition) is 8. The summed E-state index contributed by atoms with van der Waals surface area (Å²) in [5.74, 6) is -2.02. The quantitative estimate of drug-likeness (QED) is 0.0669.